The number of aromatic nitrogens is 5. The predicted molar refractivity (Wildman–Crippen MR) is 122 cm³/mol. The fraction of sp³-hybridized carbons (Fsp3) is 0.125. The van der Waals surface area contributed by atoms with Gasteiger partial charge < -0.3 is 15.1 Å². The van der Waals surface area contributed by atoms with Crippen molar-refractivity contribution in [2.45, 2.75) is 13.0 Å². The first-order valence-corrected chi connectivity index (χ1v) is 10.5. The molecule has 4 heterocycles. The van der Waals surface area contributed by atoms with Crippen LogP contribution in [0.4, 0.5) is 4.39 Å². The number of pyridine rings is 2. The van der Waals surface area contributed by atoms with Crippen molar-refractivity contribution in [2.75, 3.05) is 6.54 Å². The maximum atomic E-state index is 13.3. The van der Waals surface area contributed by atoms with Gasteiger partial charge >= 0.3 is 5.56 Å². The summed E-state index contributed by atoms with van der Waals surface area (Å²) >= 11 is 0. The fourth-order valence-corrected chi connectivity index (χ4v) is 3.91. The molecule has 0 saturated carbocycles. The minimum absolute atomic E-state index is 0.0469. The third-order valence-electron chi connectivity index (χ3n) is 5.55. The largest absolute Gasteiger partial charge is 0.425 e. The molecule has 0 bridgehead atoms. The molecular weight excluding hydrogens is 439 g/mol. The van der Waals surface area contributed by atoms with Crippen LogP contribution in [0.2, 0.25) is 0 Å². The molecule has 0 aliphatic carbocycles. The van der Waals surface area contributed by atoms with E-state index in [4.69, 9.17) is 0 Å². The Morgan fingerprint density at radius 1 is 1.09 bits per heavy atom. The summed E-state index contributed by atoms with van der Waals surface area (Å²) in [5.74, 6) is -0.662. The van der Waals surface area contributed by atoms with E-state index in [-0.39, 0.29) is 17.2 Å². The van der Waals surface area contributed by atoms with Crippen LogP contribution in [0.15, 0.2) is 72.3 Å². The van der Waals surface area contributed by atoms with Crippen LogP contribution in [-0.2, 0) is 13.0 Å². The van der Waals surface area contributed by atoms with Gasteiger partial charge in [0.15, 0.2) is 0 Å². The molecular formula is C24H19FN6O3. The molecule has 0 fully saturated rings. The summed E-state index contributed by atoms with van der Waals surface area (Å²) in [5, 5.41) is 13.6. The maximum absolute atomic E-state index is 13.3. The summed E-state index contributed by atoms with van der Waals surface area (Å²) in [4.78, 5) is 38.1. The van der Waals surface area contributed by atoms with Gasteiger partial charge in [-0.15, -0.1) is 0 Å². The molecule has 10 heteroatoms. The van der Waals surface area contributed by atoms with Crippen molar-refractivity contribution < 1.29 is 14.4 Å². The van der Waals surface area contributed by atoms with Gasteiger partial charge in [-0.05, 0) is 23.8 Å². The van der Waals surface area contributed by atoms with Crippen molar-refractivity contribution in [3.8, 4) is 0 Å². The average Bonchev–Trinajstić information content (AvgIpc) is 3.22. The third kappa shape index (κ3) is 3.96. The molecule has 170 valence electrons. The highest BCUT2D eigenvalue weighted by Gasteiger charge is 2.20. The van der Waals surface area contributed by atoms with E-state index >= 15 is 0 Å². The van der Waals surface area contributed by atoms with Crippen LogP contribution in [0.3, 0.4) is 0 Å². The molecule has 5 rings (SSSR count). The van der Waals surface area contributed by atoms with Gasteiger partial charge in [0.05, 0.1) is 23.0 Å². The molecule has 0 spiro atoms. The monoisotopic (exact) mass is 458 g/mol. The minimum atomic E-state index is -0.681. The van der Waals surface area contributed by atoms with Crippen molar-refractivity contribution >= 4 is 27.7 Å². The van der Waals surface area contributed by atoms with E-state index in [0.717, 1.165) is 11.3 Å². The van der Waals surface area contributed by atoms with E-state index in [0.29, 0.717) is 46.1 Å². The molecule has 1 amide bonds. The van der Waals surface area contributed by atoms with E-state index in [1.165, 1.54) is 24.5 Å². The van der Waals surface area contributed by atoms with Gasteiger partial charge in [0.25, 0.3) is 5.91 Å². The second-order valence-electron chi connectivity index (χ2n) is 7.75. The lowest BCUT2D eigenvalue weighted by molar-refractivity contribution is 0.0955. The first-order valence-electron chi connectivity index (χ1n) is 10.5. The second-order valence-corrected chi connectivity index (χ2v) is 7.75. The van der Waals surface area contributed by atoms with Crippen LogP contribution in [0.25, 0.3) is 21.8 Å². The van der Waals surface area contributed by atoms with Gasteiger partial charge in [0, 0.05) is 61.3 Å². The lowest BCUT2D eigenvalue weighted by Gasteiger charge is -2.07. The summed E-state index contributed by atoms with van der Waals surface area (Å²) in [7, 11) is 0. The quantitative estimate of drug-likeness (QED) is 0.378. The highest BCUT2D eigenvalue weighted by atomic mass is 19.1. The summed E-state index contributed by atoms with van der Waals surface area (Å²) in [6.07, 6.45) is 9.73. The zero-order valence-corrected chi connectivity index (χ0v) is 17.8. The lowest BCUT2D eigenvalue weighted by atomic mass is 10.1. The molecule has 34 heavy (non-hydrogen) atoms. The highest BCUT2D eigenvalue weighted by molar-refractivity contribution is 6.16. The van der Waals surface area contributed by atoms with Crippen LogP contribution in [0.1, 0.15) is 21.6 Å². The number of hydrogen-bond donors (Lipinski definition) is 2. The molecule has 0 atom stereocenters. The summed E-state index contributed by atoms with van der Waals surface area (Å²) < 4.78 is 15.6. The van der Waals surface area contributed by atoms with E-state index < -0.39 is 5.56 Å². The Morgan fingerprint density at radius 3 is 2.68 bits per heavy atom. The van der Waals surface area contributed by atoms with Gasteiger partial charge in [-0.2, -0.15) is 4.73 Å². The lowest BCUT2D eigenvalue weighted by Crippen LogP contribution is -2.26. The molecule has 0 aliphatic heterocycles. The first kappa shape index (κ1) is 21.3. The second kappa shape index (κ2) is 8.74. The minimum Gasteiger partial charge on any atom is -0.425 e. The fourth-order valence-electron chi connectivity index (χ4n) is 3.91. The number of hydrogen-bond acceptors (Lipinski definition) is 6. The highest BCUT2D eigenvalue weighted by Crippen LogP contribution is 2.28. The summed E-state index contributed by atoms with van der Waals surface area (Å²) in [5.41, 5.74) is 1.94. The number of fused-ring (bicyclic) bond motifs is 3. The molecule has 0 unspecified atom stereocenters. The predicted octanol–water partition coefficient (Wildman–Crippen LogP) is 2.54. The number of nitrogens with one attached hydrogen (secondary N) is 1. The Balaban J connectivity index is 1.56. The molecule has 1 aromatic carbocycles. The normalized spacial score (nSPS) is 11.2. The molecule has 9 nitrogen and oxygen atoms in total. The van der Waals surface area contributed by atoms with Crippen LogP contribution < -0.4 is 10.9 Å². The molecule has 4 aromatic heterocycles. The van der Waals surface area contributed by atoms with Gasteiger partial charge in [-0.25, -0.2) is 9.37 Å². The zero-order valence-electron chi connectivity index (χ0n) is 17.8. The smallest absolute Gasteiger partial charge is 0.309 e. The van der Waals surface area contributed by atoms with E-state index in [2.05, 4.69) is 20.3 Å². The Hall–Kier alpha value is -4.60. The van der Waals surface area contributed by atoms with Crippen molar-refractivity contribution in [3.63, 3.8) is 0 Å². The van der Waals surface area contributed by atoms with Crippen molar-refractivity contribution in [3.05, 3.63) is 101 Å². The number of carbonyl (C=O) groups excluding carboxylic acids is 1. The van der Waals surface area contributed by atoms with Crippen molar-refractivity contribution in [1.29, 1.82) is 0 Å². The van der Waals surface area contributed by atoms with Crippen molar-refractivity contribution in [1.82, 2.24) is 29.6 Å². The first-order chi connectivity index (χ1) is 16.5. The van der Waals surface area contributed by atoms with Gasteiger partial charge in [-0.1, -0.05) is 12.1 Å². The SMILES string of the molecule is O=C(NCCc1cnccn1)c1cn(Cc2ccc(F)cc2)c2cnc3c(=O)n(O)ccc3c12. The molecule has 0 radical (unpaired) electrons. The van der Waals surface area contributed by atoms with E-state index in [9.17, 15) is 19.2 Å². The van der Waals surface area contributed by atoms with Gasteiger partial charge in [0.2, 0.25) is 0 Å². The van der Waals surface area contributed by atoms with Crippen LogP contribution in [-0.4, -0.2) is 41.9 Å². The Labute approximate surface area is 192 Å². The summed E-state index contributed by atoms with van der Waals surface area (Å²) in [6.45, 7) is 0.711. The Bertz CT molecular complexity index is 1560. The molecule has 0 aliphatic rings. The number of carbonyl (C=O) groups is 1. The Morgan fingerprint density at radius 2 is 1.91 bits per heavy atom. The standard InChI is InChI=1S/C24H19FN6O3/c25-16-3-1-15(2-4-16)13-30-14-19(23(32)28-7-5-17-11-26-8-9-27-17)21-18-6-10-31(34)24(33)22(18)29-12-20(21)30/h1-4,6,8-12,14,34H,5,7,13H2,(H,28,32). The number of amides is 1. The van der Waals surface area contributed by atoms with E-state index in [1.807, 2.05) is 4.57 Å². The number of nitrogens with zero attached hydrogens (tertiary/aromatic N) is 5. The maximum Gasteiger partial charge on any atom is 0.309 e. The van der Waals surface area contributed by atoms with Crippen LogP contribution in [0.5, 0.6) is 0 Å². The average molecular weight is 458 g/mol. The van der Waals surface area contributed by atoms with Crippen LogP contribution >= 0.6 is 0 Å². The molecule has 2 N–H and O–H groups in total. The Kier molecular flexibility index (Phi) is 5.46. The van der Waals surface area contributed by atoms with Gasteiger partial charge in [-0.3, -0.25) is 19.6 Å². The third-order valence-corrected chi connectivity index (χ3v) is 5.55. The zero-order chi connectivity index (χ0) is 23.7. The number of benzene rings is 1. The molecule has 5 aromatic rings. The van der Waals surface area contributed by atoms with Gasteiger partial charge in [0.1, 0.15) is 11.3 Å². The van der Waals surface area contributed by atoms with Crippen molar-refractivity contribution in [2.24, 2.45) is 0 Å². The number of halogens is 1. The molecule has 0 saturated heterocycles. The van der Waals surface area contributed by atoms with Crippen LogP contribution in [0, 0.1) is 5.82 Å². The number of rotatable bonds is 6. The summed E-state index contributed by atoms with van der Waals surface area (Å²) in [6, 6.07) is 7.63. The van der Waals surface area contributed by atoms with E-state index in [1.54, 1.807) is 43.0 Å². The topological polar surface area (TPSA) is 115 Å².